The number of anilines is 1. The molecule has 0 atom stereocenters. The minimum absolute atomic E-state index is 0.0352. The fourth-order valence-corrected chi connectivity index (χ4v) is 3.03. The molecule has 0 bridgehead atoms. The summed E-state index contributed by atoms with van der Waals surface area (Å²) in [5, 5.41) is 2.89. The van der Waals surface area contributed by atoms with Crippen LogP contribution in [0.4, 0.5) is 5.00 Å². The number of amides is 1. The van der Waals surface area contributed by atoms with Crippen LogP contribution in [-0.2, 0) is 25.5 Å². The lowest BCUT2D eigenvalue weighted by Crippen LogP contribution is -2.15. The van der Waals surface area contributed by atoms with Gasteiger partial charge in [0.05, 0.1) is 25.2 Å². The predicted octanol–water partition coefficient (Wildman–Crippen LogP) is 2.52. The molecule has 1 N–H and O–H groups in total. The quantitative estimate of drug-likeness (QED) is 0.605. The molecule has 0 aliphatic heterocycles. The molecule has 0 aliphatic carbocycles. The topological polar surface area (TPSA) is 81.7 Å². The highest BCUT2D eigenvalue weighted by atomic mass is 35.5. The number of rotatable bonds is 7. The van der Waals surface area contributed by atoms with Gasteiger partial charge in [0.15, 0.2) is 0 Å². The molecular formula is C14H18ClNO5S. The minimum atomic E-state index is -0.545. The van der Waals surface area contributed by atoms with E-state index in [9.17, 15) is 14.4 Å². The summed E-state index contributed by atoms with van der Waals surface area (Å²) in [5.74, 6) is -1.60. The number of hydrogen-bond acceptors (Lipinski definition) is 6. The van der Waals surface area contributed by atoms with Gasteiger partial charge >= 0.3 is 11.9 Å². The Hall–Kier alpha value is -1.60. The lowest BCUT2D eigenvalue weighted by atomic mass is 10.1. The van der Waals surface area contributed by atoms with E-state index in [1.807, 2.05) is 0 Å². The highest BCUT2D eigenvalue weighted by molar-refractivity contribution is 7.17. The SMILES string of the molecule is CCOC(=O)Cc1sc(NC(=O)CCl)c(C(=O)OCC)c1C. The van der Waals surface area contributed by atoms with Gasteiger partial charge < -0.3 is 14.8 Å². The maximum absolute atomic E-state index is 12.1. The Kier molecular flexibility index (Phi) is 7.34. The third-order valence-electron chi connectivity index (χ3n) is 2.71. The van der Waals surface area contributed by atoms with E-state index in [2.05, 4.69) is 5.32 Å². The van der Waals surface area contributed by atoms with Crippen LogP contribution in [0.1, 0.15) is 34.6 Å². The predicted molar refractivity (Wildman–Crippen MR) is 84.7 cm³/mol. The van der Waals surface area contributed by atoms with E-state index >= 15 is 0 Å². The molecular weight excluding hydrogens is 330 g/mol. The molecule has 1 rings (SSSR count). The number of hydrogen-bond donors (Lipinski definition) is 1. The standard InChI is InChI=1S/C14H18ClNO5S/c1-4-20-11(18)6-9-8(3)12(14(19)21-5-2)13(22-9)16-10(17)7-15/h4-7H2,1-3H3,(H,16,17). The Morgan fingerprint density at radius 1 is 1.18 bits per heavy atom. The second-order valence-electron chi connectivity index (χ2n) is 4.24. The van der Waals surface area contributed by atoms with Crippen molar-refractivity contribution in [3.63, 3.8) is 0 Å². The highest BCUT2D eigenvalue weighted by Crippen LogP contribution is 2.34. The lowest BCUT2D eigenvalue weighted by molar-refractivity contribution is -0.142. The van der Waals surface area contributed by atoms with E-state index in [-0.39, 0.29) is 31.1 Å². The van der Waals surface area contributed by atoms with Crippen molar-refractivity contribution in [2.24, 2.45) is 0 Å². The largest absolute Gasteiger partial charge is 0.466 e. The minimum Gasteiger partial charge on any atom is -0.466 e. The van der Waals surface area contributed by atoms with Crippen LogP contribution in [0.5, 0.6) is 0 Å². The van der Waals surface area contributed by atoms with Gasteiger partial charge in [-0.05, 0) is 26.3 Å². The first-order valence-corrected chi connectivity index (χ1v) is 8.10. The van der Waals surface area contributed by atoms with Crippen molar-refractivity contribution >= 4 is 45.8 Å². The molecule has 1 aromatic heterocycles. The summed E-state index contributed by atoms with van der Waals surface area (Å²) < 4.78 is 9.90. The van der Waals surface area contributed by atoms with E-state index in [1.165, 1.54) is 0 Å². The molecule has 0 saturated heterocycles. The van der Waals surface area contributed by atoms with Crippen molar-refractivity contribution in [3.05, 3.63) is 16.0 Å². The lowest BCUT2D eigenvalue weighted by Gasteiger charge is -2.05. The molecule has 0 fully saturated rings. The van der Waals surface area contributed by atoms with Crippen molar-refractivity contribution in [2.45, 2.75) is 27.2 Å². The van der Waals surface area contributed by atoms with Gasteiger partial charge in [0.25, 0.3) is 0 Å². The first-order chi connectivity index (χ1) is 10.4. The van der Waals surface area contributed by atoms with Crippen molar-refractivity contribution in [1.82, 2.24) is 0 Å². The normalized spacial score (nSPS) is 10.2. The summed E-state index contributed by atoms with van der Waals surface area (Å²) in [7, 11) is 0. The Morgan fingerprint density at radius 3 is 2.36 bits per heavy atom. The van der Waals surface area contributed by atoms with Crippen LogP contribution < -0.4 is 5.32 Å². The Bertz CT molecular complexity index is 570. The van der Waals surface area contributed by atoms with Crippen LogP contribution in [-0.4, -0.2) is 36.9 Å². The van der Waals surface area contributed by atoms with Crippen LogP contribution >= 0.6 is 22.9 Å². The van der Waals surface area contributed by atoms with Crippen molar-refractivity contribution < 1.29 is 23.9 Å². The average Bonchev–Trinajstić information content (AvgIpc) is 2.75. The fraction of sp³-hybridized carbons (Fsp3) is 0.500. The molecule has 0 unspecified atom stereocenters. The van der Waals surface area contributed by atoms with E-state index in [1.54, 1.807) is 20.8 Å². The maximum atomic E-state index is 12.1. The Balaban J connectivity index is 3.14. The Labute approximate surface area is 137 Å². The number of halogens is 1. The van der Waals surface area contributed by atoms with E-state index in [0.717, 1.165) is 11.3 Å². The zero-order valence-electron chi connectivity index (χ0n) is 12.7. The van der Waals surface area contributed by atoms with Crippen LogP contribution in [0.3, 0.4) is 0 Å². The van der Waals surface area contributed by atoms with Crippen LogP contribution in [0.2, 0.25) is 0 Å². The molecule has 1 amide bonds. The molecule has 22 heavy (non-hydrogen) atoms. The van der Waals surface area contributed by atoms with Crippen molar-refractivity contribution in [3.8, 4) is 0 Å². The first kappa shape index (κ1) is 18.4. The molecule has 6 nitrogen and oxygen atoms in total. The van der Waals surface area contributed by atoms with Gasteiger partial charge in [-0.2, -0.15) is 0 Å². The van der Waals surface area contributed by atoms with Gasteiger partial charge in [-0.25, -0.2) is 4.79 Å². The molecule has 0 radical (unpaired) electrons. The van der Waals surface area contributed by atoms with E-state index < -0.39 is 17.8 Å². The number of thiophene rings is 1. The van der Waals surface area contributed by atoms with E-state index in [4.69, 9.17) is 21.1 Å². The molecule has 0 aliphatic rings. The summed E-state index contributed by atoms with van der Waals surface area (Å²) in [6.45, 7) is 5.60. The first-order valence-electron chi connectivity index (χ1n) is 6.75. The third kappa shape index (κ3) is 4.71. The zero-order chi connectivity index (χ0) is 16.7. The summed E-state index contributed by atoms with van der Waals surface area (Å²) in [6, 6.07) is 0. The van der Waals surface area contributed by atoms with Crippen molar-refractivity contribution in [2.75, 3.05) is 24.4 Å². The number of carbonyl (C=O) groups is 3. The highest BCUT2D eigenvalue weighted by Gasteiger charge is 2.24. The average molecular weight is 348 g/mol. The number of nitrogens with one attached hydrogen (secondary N) is 1. The van der Waals surface area contributed by atoms with Crippen LogP contribution in [0, 0.1) is 6.92 Å². The second kappa shape index (κ2) is 8.75. The number of ether oxygens (including phenoxy) is 2. The zero-order valence-corrected chi connectivity index (χ0v) is 14.2. The molecule has 122 valence electrons. The molecule has 1 heterocycles. The third-order valence-corrected chi connectivity index (χ3v) is 4.16. The summed E-state index contributed by atoms with van der Waals surface area (Å²) in [5.41, 5.74) is 0.853. The van der Waals surface area contributed by atoms with Gasteiger partial charge in [-0.1, -0.05) is 0 Å². The van der Waals surface area contributed by atoms with Gasteiger partial charge in [0.2, 0.25) is 5.91 Å². The van der Waals surface area contributed by atoms with Crippen LogP contribution in [0.15, 0.2) is 0 Å². The van der Waals surface area contributed by atoms with Gasteiger partial charge in [-0.3, -0.25) is 9.59 Å². The molecule has 8 heteroatoms. The molecule has 0 spiro atoms. The smallest absolute Gasteiger partial charge is 0.341 e. The summed E-state index contributed by atoms with van der Waals surface area (Å²) >= 11 is 6.62. The molecule has 1 aromatic rings. The fourth-order valence-electron chi connectivity index (χ4n) is 1.77. The van der Waals surface area contributed by atoms with E-state index in [0.29, 0.717) is 15.4 Å². The monoisotopic (exact) mass is 347 g/mol. The van der Waals surface area contributed by atoms with Gasteiger partial charge in [0.1, 0.15) is 10.9 Å². The summed E-state index contributed by atoms with van der Waals surface area (Å²) in [4.78, 5) is 35.8. The summed E-state index contributed by atoms with van der Waals surface area (Å²) in [6.07, 6.45) is 0.0352. The maximum Gasteiger partial charge on any atom is 0.341 e. The Morgan fingerprint density at radius 2 is 1.82 bits per heavy atom. The van der Waals surface area contributed by atoms with Gasteiger partial charge in [-0.15, -0.1) is 22.9 Å². The van der Waals surface area contributed by atoms with Crippen molar-refractivity contribution in [1.29, 1.82) is 0 Å². The second-order valence-corrected chi connectivity index (χ2v) is 5.61. The molecule has 0 saturated carbocycles. The number of esters is 2. The van der Waals surface area contributed by atoms with Gasteiger partial charge in [0, 0.05) is 4.88 Å². The van der Waals surface area contributed by atoms with Crippen LogP contribution in [0.25, 0.3) is 0 Å². The number of carbonyl (C=O) groups excluding carboxylic acids is 3. The number of alkyl halides is 1. The molecule has 0 aromatic carbocycles.